The maximum absolute atomic E-state index is 6.76. The first-order chi connectivity index (χ1) is 8.65. The van der Waals surface area contributed by atoms with Crippen molar-refractivity contribution in [2.75, 3.05) is 7.05 Å². The van der Waals surface area contributed by atoms with Crippen molar-refractivity contribution in [2.45, 2.75) is 31.5 Å². The van der Waals surface area contributed by atoms with Gasteiger partial charge in [0, 0.05) is 6.04 Å². The Morgan fingerprint density at radius 1 is 1.50 bits per heavy atom. The van der Waals surface area contributed by atoms with Crippen LogP contribution >= 0.6 is 11.1 Å². The number of fused-ring (bicyclic) bond motifs is 3. The summed E-state index contributed by atoms with van der Waals surface area (Å²) in [4.78, 5) is 0. The van der Waals surface area contributed by atoms with Crippen LogP contribution in [0.25, 0.3) is 0 Å². The summed E-state index contributed by atoms with van der Waals surface area (Å²) in [6.45, 7) is 2.03. The quantitative estimate of drug-likeness (QED) is 0.468. The van der Waals surface area contributed by atoms with Gasteiger partial charge in [0.25, 0.3) is 0 Å². The van der Waals surface area contributed by atoms with E-state index < -0.39 is 7.79 Å². The lowest BCUT2D eigenvalue weighted by Gasteiger charge is -2.27. The molecule has 1 aromatic carbocycles. The van der Waals surface area contributed by atoms with Gasteiger partial charge in [0.2, 0.25) is 0 Å². The second-order valence-electron chi connectivity index (χ2n) is 5.08. The molecule has 0 amide bonds. The van der Waals surface area contributed by atoms with Gasteiger partial charge in [-0.25, -0.2) is 0 Å². The minimum absolute atomic E-state index is 0.252. The van der Waals surface area contributed by atoms with E-state index in [0.717, 1.165) is 12.5 Å². The maximum Gasteiger partial charge on any atom is 0.378 e. The monoisotopic (exact) mass is 279 g/mol. The first kappa shape index (κ1) is 12.4. The summed E-state index contributed by atoms with van der Waals surface area (Å²) in [6, 6.07) is 9.84. The summed E-state index contributed by atoms with van der Waals surface area (Å²) in [5.41, 5.74) is 2.82. The van der Waals surface area contributed by atoms with E-state index in [9.17, 15) is 0 Å². The fraction of sp³-hybridized carbons (Fsp3) is 0.429. The highest BCUT2D eigenvalue weighted by Crippen LogP contribution is 2.47. The van der Waals surface area contributed by atoms with Crippen LogP contribution in [0.2, 0.25) is 6.04 Å². The molecule has 0 saturated carbocycles. The fourth-order valence-electron chi connectivity index (χ4n) is 3.08. The molecular weight excluding hydrogens is 262 g/mol. The Morgan fingerprint density at radius 3 is 3.06 bits per heavy atom. The van der Waals surface area contributed by atoms with Crippen LogP contribution in [0.15, 0.2) is 36.4 Å². The molecule has 1 aromatic rings. The highest BCUT2D eigenvalue weighted by molar-refractivity contribution is 7.15. The third kappa shape index (κ3) is 1.77. The highest BCUT2D eigenvalue weighted by atomic mass is 35.6. The van der Waals surface area contributed by atoms with Crippen molar-refractivity contribution < 1.29 is 4.43 Å². The van der Waals surface area contributed by atoms with E-state index in [1.807, 2.05) is 6.92 Å². The number of hydrogen-bond acceptors (Lipinski definition) is 2. The summed E-state index contributed by atoms with van der Waals surface area (Å²) < 4.78 is 8.56. The minimum Gasteiger partial charge on any atom is -0.386 e. The molecule has 18 heavy (non-hydrogen) atoms. The summed E-state index contributed by atoms with van der Waals surface area (Å²) >= 11 is 6.76. The lowest BCUT2D eigenvalue weighted by molar-refractivity contribution is 0.212. The van der Waals surface area contributed by atoms with Gasteiger partial charge < -0.3 is 4.43 Å². The number of allylic oxidation sites excluding steroid dienone is 2. The zero-order chi connectivity index (χ0) is 12.8. The molecule has 0 bridgehead atoms. The Morgan fingerprint density at radius 2 is 2.28 bits per heavy atom. The Hall–Kier alpha value is -0.613. The standard InChI is InChI=1S/C14H18ClNOSi/c1-3-4-9-18(15)16(2)14-12-8-6-5-7-11(12)10-13(14)17-18/h3-8,13-14H,9-10H2,1-2H3/b4-3-/t13-,14+,18?/m1/s1. The van der Waals surface area contributed by atoms with Crippen molar-refractivity contribution in [1.82, 2.24) is 4.57 Å². The SMILES string of the molecule is C/C=C\C[Si]1(Cl)O[C@@H]2Cc3ccccc3[C@@H]2N1C. The number of hydrogen-bond donors (Lipinski definition) is 0. The average molecular weight is 280 g/mol. The van der Waals surface area contributed by atoms with Crippen molar-refractivity contribution in [3.8, 4) is 0 Å². The Kier molecular flexibility index (Phi) is 3.10. The van der Waals surface area contributed by atoms with E-state index >= 15 is 0 Å². The molecule has 2 aliphatic rings. The molecule has 0 aromatic heterocycles. The van der Waals surface area contributed by atoms with Crippen LogP contribution < -0.4 is 0 Å². The maximum atomic E-state index is 6.76. The van der Waals surface area contributed by atoms with Crippen LogP contribution in [0.3, 0.4) is 0 Å². The Balaban J connectivity index is 1.91. The molecule has 96 valence electrons. The zero-order valence-electron chi connectivity index (χ0n) is 10.8. The predicted octanol–water partition coefficient (Wildman–Crippen LogP) is 3.37. The molecule has 3 atom stereocenters. The van der Waals surface area contributed by atoms with E-state index in [1.54, 1.807) is 0 Å². The van der Waals surface area contributed by atoms with Crippen LogP contribution in [-0.2, 0) is 10.8 Å². The van der Waals surface area contributed by atoms with Crippen molar-refractivity contribution in [3.05, 3.63) is 47.5 Å². The van der Waals surface area contributed by atoms with E-state index in [1.165, 1.54) is 11.1 Å². The molecule has 1 heterocycles. The molecule has 3 rings (SSSR count). The van der Waals surface area contributed by atoms with E-state index in [-0.39, 0.29) is 6.10 Å². The van der Waals surface area contributed by atoms with Crippen LogP contribution in [0.5, 0.6) is 0 Å². The van der Waals surface area contributed by atoms with Gasteiger partial charge in [0.05, 0.1) is 12.1 Å². The van der Waals surface area contributed by atoms with Crippen LogP contribution in [0, 0.1) is 0 Å². The van der Waals surface area contributed by atoms with Gasteiger partial charge in [-0.3, -0.25) is 4.57 Å². The summed E-state index contributed by atoms with van der Waals surface area (Å²) in [6.07, 6.45) is 5.43. The number of likely N-dealkylation sites (N-methyl/N-ethyl adjacent to an activating group) is 1. The van der Waals surface area contributed by atoms with E-state index in [2.05, 4.69) is 48.0 Å². The van der Waals surface area contributed by atoms with Crippen LogP contribution in [0.4, 0.5) is 0 Å². The fourth-order valence-corrected chi connectivity index (χ4v) is 6.48. The molecule has 1 saturated heterocycles. The molecule has 1 aliphatic heterocycles. The van der Waals surface area contributed by atoms with Gasteiger partial charge >= 0.3 is 7.79 Å². The number of nitrogens with zero attached hydrogens (tertiary/aromatic N) is 1. The molecular formula is C14H18ClNOSi. The molecule has 0 spiro atoms. The van der Waals surface area contributed by atoms with Gasteiger partial charge in [-0.05, 0) is 31.5 Å². The number of halogens is 1. The second-order valence-corrected chi connectivity index (χ2v) is 9.58. The molecule has 1 unspecified atom stereocenters. The van der Waals surface area contributed by atoms with Gasteiger partial charge in [-0.15, -0.1) is 11.1 Å². The van der Waals surface area contributed by atoms with Gasteiger partial charge in [-0.1, -0.05) is 36.4 Å². The molecule has 0 radical (unpaired) electrons. The van der Waals surface area contributed by atoms with E-state index in [4.69, 9.17) is 15.5 Å². The van der Waals surface area contributed by atoms with Crippen molar-refractivity contribution in [1.29, 1.82) is 0 Å². The van der Waals surface area contributed by atoms with Gasteiger partial charge in [0.15, 0.2) is 0 Å². The van der Waals surface area contributed by atoms with Crippen molar-refractivity contribution >= 4 is 18.9 Å². The third-order valence-electron chi connectivity index (χ3n) is 4.03. The highest BCUT2D eigenvalue weighted by Gasteiger charge is 2.55. The summed E-state index contributed by atoms with van der Waals surface area (Å²) in [5.74, 6) is 0. The minimum atomic E-state index is -2.26. The van der Waals surface area contributed by atoms with Crippen LogP contribution in [0.1, 0.15) is 24.1 Å². The average Bonchev–Trinajstić information content (AvgIpc) is 2.83. The zero-order valence-corrected chi connectivity index (χ0v) is 12.5. The predicted molar refractivity (Wildman–Crippen MR) is 76.8 cm³/mol. The molecule has 1 aliphatic carbocycles. The lowest BCUT2D eigenvalue weighted by Crippen LogP contribution is -2.43. The molecule has 2 nitrogen and oxygen atoms in total. The van der Waals surface area contributed by atoms with Gasteiger partial charge in [0.1, 0.15) is 0 Å². The first-order valence-corrected chi connectivity index (χ1v) is 9.52. The molecule has 4 heteroatoms. The van der Waals surface area contributed by atoms with Crippen molar-refractivity contribution in [2.24, 2.45) is 0 Å². The lowest BCUT2D eigenvalue weighted by atomic mass is 10.1. The Labute approximate surface area is 114 Å². The van der Waals surface area contributed by atoms with Crippen LogP contribution in [-0.4, -0.2) is 25.5 Å². The third-order valence-corrected chi connectivity index (χ3v) is 8.29. The van der Waals surface area contributed by atoms with Gasteiger partial charge in [-0.2, -0.15) is 0 Å². The van der Waals surface area contributed by atoms with Crippen molar-refractivity contribution in [3.63, 3.8) is 0 Å². The largest absolute Gasteiger partial charge is 0.386 e. The van der Waals surface area contributed by atoms with E-state index in [0.29, 0.717) is 6.04 Å². The second kappa shape index (κ2) is 4.49. The molecule has 0 N–H and O–H groups in total. The normalized spacial score (nSPS) is 35.1. The Bertz CT molecular complexity index is 492. The number of rotatable bonds is 2. The summed E-state index contributed by atoms with van der Waals surface area (Å²) in [5, 5.41) is 0. The summed E-state index contributed by atoms with van der Waals surface area (Å²) in [7, 11) is -0.136. The number of benzene rings is 1. The molecule has 1 fully saturated rings. The smallest absolute Gasteiger partial charge is 0.378 e. The topological polar surface area (TPSA) is 12.5 Å². The first-order valence-electron chi connectivity index (χ1n) is 6.44.